The number of benzene rings is 3. The van der Waals surface area contributed by atoms with Gasteiger partial charge in [-0.15, -0.1) is 0 Å². The van der Waals surface area contributed by atoms with E-state index in [9.17, 15) is 13.6 Å². The van der Waals surface area contributed by atoms with Gasteiger partial charge in [0, 0.05) is 0 Å². The molecule has 0 bridgehead atoms. The Kier molecular flexibility index (Phi) is 4.98. The Morgan fingerprint density at radius 1 is 1.00 bits per heavy atom. The molecule has 1 N–H and O–H groups in total. The van der Waals surface area contributed by atoms with Gasteiger partial charge in [0.05, 0.1) is 5.56 Å². The SMILES string of the molecule is Cc1cc(F)c(F)cc1-c1ccc(OCc2cccc(C(=O)O)c2)cc1. The predicted octanol–water partition coefficient (Wildman–Crippen LogP) is 5.22. The van der Waals surface area contributed by atoms with E-state index in [1.54, 1.807) is 49.4 Å². The molecule has 0 aliphatic rings. The highest BCUT2D eigenvalue weighted by Crippen LogP contribution is 2.27. The zero-order valence-corrected chi connectivity index (χ0v) is 14.0. The minimum absolute atomic E-state index is 0.204. The van der Waals surface area contributed by atoms with Crippen LogP contribution in [0.3, 0.4) is 0 Å². The fraction of sp³-hybridized carbons (Fsp3) is 0.0952. The molecule has 0 aliphatic carbocycles. The summed E-state index contributed by atoms with van der Waals surface area (Å²) in [5.74, 6) is -2.15. The largest absolute Gasteiger partial charge is 0.489 e. The molecule has 0 unspecified atom stereocenters. The Balaban J connectivity index is 1.73. The zero-order valence-electron chi connectivity index (χ0n) is 14.0. The summed E-state index contributed by atoms with van der Waals surface area (Å²) in [7, 11) is 0. The average Bonchev–Trinajstić information content (AvgIpc) is 2.64. The lowest BCUT2D eigenvalue weighted by molar-refractivity contribution is 0.0696. The lowest BCUT2D eigenvalue weighted by Gasteiger charge is -2.10. The number of hydrogen-bond donors (Lipinski definition) is 1. The molecule has 0 spiro atoms. The van der Waals surface area contributed by atoms with Crippen molar-refractivity contribution < 1.29 is 23.4 Å². The molecule has 3 aromatic carbocycles. The quantitative estimate of drug-likeness (QED) is 0.683. The second kappa shape index (κ2) is 7.35. The van der Waals surface area contributed by atoms with Crippen molar-refractivity contribution in [3.05, 3.63) is 89.0 Å². The first kappa shape index (κ1) is 17.6. The lowest BCUT2D eigenvalue weighted by atomic mass is 10.0. The van der Waals surface area contributed by atoms with E-state index in [0.717, 1.165) is 11.1 Å². The van der Waals surface area contributed by atoms with Gasteiger partial charge in [0.15, 0.2) is 11.6 Å². The van der Waals surface area contributed by atoms with Gasteiger partial charge in [-0.05, 0) is 65.6 Å². The van der Waals surface area contributed by atoms with Crippen molar-refractivity contribution in [1.82, 2.24) is 0 Å². The van der Waals surface area contributed by atoms with Crippen LogP contribution in [0.1, 0.15) is 21.5 Å². The molecule has 0 heterocycles. The summed E-state index contributed by atoms with van der Waals surface area (Å²) < 4.78 is 32.4. The summed E-state index contributed by atoms with van der Waals surface area (Å²) in [6.45, 7) is 1.95. The number of aryl methyl sites for hydroxylation is 1. The third-order valence-electron chi connectivity index (χ3n) is 4.01. The van der Waals surface area contributed by atoms with Gasteiger partial charge >= 0.3 is 5.97 Å². The van der Waals surface area contributed by atoms with E-state index in [2.05, 4.69) is 0 Å². The van der Waals surface area contributed by atoms with Gasteiger partial charge in [0.1, 0.15) is 12.4 Å². The number of rotatable bonds is 5. The van der Waals surface area contributed by atoms with Crippen LogP contribution in [-0.4, -0.2) is 11.1 Å². The van der Waals surface area contributed by atoms with E-state index < -0.39 is 17.6 Å². The van der Waals surface area contributed by atoms with Gasteiger partial charge in [-0.2, -0.15) is 0 Å². The smallest absolute Gasteiger partial charge is 0.335 e. The molecule has 26 heavy (non-hydrogen) atoms. The molecule has 0 saturated carbocycles. The van der Waals surface area contributed by atoms with Crippen LogP contribution in [0.2, 0.25) is 0 Å². The number of carboxylic acid groups (broad SMARTS) is 1. The number of carbonyl (C=O) groups is 1. The molecular weight excluding hydrogens is 338 g/mol. The van der Waals surface area contributed by atoms with Crippen molar-refractivity contribution in [3.8, 4) is 16.9 Å². The van der Waals surface area contributed by atoms with Crippen molar-refractivity contribution in [2.45, 2.75) is 13.5 Å². The van der Waals surface area contributed by atoms with Crippen LogP contribution in [0.5, 0.6) is 5.75 Å². The standard InChI is InChI=1S/C21H16F2O3/c1-13-9-19(22)20(23)11-18(13)15-5-7-17(8-6-15)26-12-14-3-2-4-16(10-14)21(24)25/h2-11H,12H2,1H3,(H,24,25). The topological polar surface area (TPSA) is 46.5 Å². The van der Waals surface area contributed by atoms with Gasteiger partial charge in [0.2, 0.25) is 0 Å². The van der Waals surface area contributed by atoms with Crippen molar-refractivity contribution in [1.29, 1.82) is 0 Å². The molecule has 132 valence electrons. The van der Waals surface area contributed by atoms with E-state index in [0.29, 0.717) is 16.9 Å². The first-order valence-electron chi connectivity index (χ1n) is 7.95. The fourth-order valence-electron chi connectivity index (χ4n) is 2.65. The molecular formula is C21H16F2O3. The number of aromatic carboxylic acids is 1. The maximum atomic E-state index is 13.5. The van der Waals surface area contributed by atoms with Crippen LogP contribution < -0.4 is 4.74 Å². The number of halogens is 2. The van der Waals surface area contributed by atoms with Crippen molar-refractivity contribution in [3.63, 3.8) is 0 Å². The highest BCUT2D eigenvalue weighted by molar-refractivity contribution is 5.87. The Labute approximate surface area is 149 Å². The summed E-state index contributed by atoms with van der Waals surface area (Å²) in [4.78, 5) is 11.0. The summed E-state index contributed by atoms with van der Waals surface area (Å²) in [6.07, 6.45) is 0. The summed E-state index contributed by atoms with van der Waals surface area (Å²) in [5.41, 5.74) is 2.95. The molecule has 0 amide bonds. The maximum Gasteiger partial charge on any atom is 0.335 e. The van der Waals surface area contributed by atoms with Gasteiger partial charge in [0.25, 0.3) is 0 Å². The Morgan fingerprint density at radius 3 is 2.38 bits per heavy atom. The van der Waals surface area contributed by atoms with Gasteiger partial charge in [-0.1, -0.05) is 24.3 Å². The summed E-state index contributed by atoms with van der Waals surface area (Å²) in [5, 5.41) is 9.00. The van der Waals surface area contributed by atoms with Gasteiger partial charge in [-0.3, -0.25) is 0 Å². The Morgan fingerprint density at radius 2 is 1.69 bits per heavy atom. The molecule has 0 aromatic heterocycles. The first-order chi connectivity index (χ1) is 12.4. The molecule has 0 atom stereocenters. The third-order valence-corrected chi connectivity index (χ3v) is 4.01. The molecule has 3 aromatic rings. The van der Waals surface area contributed by atoms with E-state index in [4.69, 9.17) is 9.84 Å². The van der Waals surface area contributed by atoms with Crippen LogP contribution in [0.25, 0.3) is 11.1 Å². The van der Waals surface area contributed by atoms with Crippen molar-refractivity contribution >= 4 is 5.97 Å². The zero-order chi connectivity index (χ0) is 18.7. The van der Waals surface area contributed by atoms with E-state index in [1.807, 2.05) is 0 Å². The van der Waals surface area contributed by atoms with Crippen LogP contribution in [0, 0.1) is 18.6 Å². The third kappa shape index (κ3) is 3.88. The summed E-state index contributed by atoms with van der Waals surface area (Å²) in [6, 6.07) is 15.9. The average molecular weight is 354 g/mol. The van der Waals surface area contributed by atoms with Crippen LogP contribution in [-0.2, 0) is 6.61 Å². The highest BCUT2D eigenvalue weighted by Gasteiger charge is 2.09. The highest BCUT2D eigenvalue weighted by atomic mass is 19.2. The summed E-state index contributed by atoms with van der Waals surface area (Å²) >= 11 is 0. The Hall–Kier alpha value is -3.21. The second-order valence-electron chi connectivity index (χ2n) is 5.90. The fourth-order valence-corrected chi connectivity index (χ4v) is 2.65. The molecule has 0 aliphatic heterocycles. The minimum Gasteiger partial charge on any atom is -0.489 e. The minimum atomic E-state index is -0.988. The van der Waals surface area contributed by atoms with Gasteiger partial charge < -0.3 is 9.84 Å². The number of ether oxygens (including phenoxy) is 1. The first-order valence-corrected chi connectivity index (χ1v) is 7.95. The number of hydrogen-bond acceptors (Lipinski definition) is 2. The van der Waals surface area contributed by atoms with Crippen LogP contribution >= 0.6 is 0 Å². The van der Waals surface area contributed by atoms with Crippen LogP contribution in [0.15, 0.2) is 60.7 Å². The number of carboxylic acids is 1. The lowest BCUT2D eigenvalue weighted by Crippen LogP contribution is -2.00. The van der Waals surface area contributed by atoms with Crippen molar-refractivity contribution in [2.24, 2.45) is 0 Å². The maximum absolute atomic E-state index is 13.5. The predicted molar refractivity (Wildman–Crippen MR) is 94.3 cm³/mol. The van der Waals surface area contributed by atoms with E-state index >= 15 is 0 Å². The molecule has 0 radical (unpaired) electrons. The van der Waals surface area contributed by atoms with Gasteiger partial charge in [-0.25, -0.2) is 13.6 Å². The Bertz CT molecular complexity index is 950. The van der Waals surface area contributed by atoms with E-state index in [-0.39, 0.29) is 12.2 Å². The molecule has 0 fully saturated rings. The van der Waals surface area contributed by atoms with Crippen LogP contribution in [0.4, 0.5) is 8.78 Å². The van der Waals surface area contributed by atoms with Crippen molar-refractivity contribution in [2.75, 3.05) is 0 Å². The molecule has 3 rings (SSSR count). The normalized spacial score (nSPS) is 10.6. The molecule has 3 nitrogen and oxygen atoms in total. The van der Waals surface area contributed by atoms with E-state index in [1.165, 1.54) is 18.2 Å². The monoisotopic (exact) mass is 354 g/mol. The second-order valence-corrected chi connectivity index (χ2v) is 5.90. The molecule has 5 heteroatoms. The molecule has 0 saturated heterocycles.